The molecular weight excluding hydrogens is 342 g/mol. The maximum Gasteiger partial charge on any atom is 0.279 e. The first kappa shape index (κ1) is 16.1. The number of carbonyl (C=O) groups is 1. The number of thiazole rings is 1. The highest BCUT2D eigenvalue weighted by molar-refractivity contribution is 7.16. The number of benzene rings is 2. The fourth-order valence-electron chi connectivity index (χ4n) is 2.90. The SMILES string of the molecule is Cc1ccccc1C(=O)/N=c1/sc2cc(F)cc(F)c2n1CC1CC1. The van der Waals surface area contributed by atoms with Crippen LogP contribution >= 0.6 is 11.3 Å². The fourth-order valence-corrected chi connectivity index (χ4v) is 3.98. The molecule has 128 valence electrons. The number of aromatic nitrogens is 1. The molecule has 6 heteroatoms. The van der Waals surface area contributed by atoms with Gasteiger partial charge < -0.3 is 4.57 Å². The molecule has 0 radical (unpaired) electrons. The summed E-state index contributed by atoms with van der Waals surface area (Å²) in [5, 5.41) is 0. The van der Waals surface area contributed by atoms with Gasteiger partial charge in [-0.2, -0.15) is 4.99 Å². The first-order chi connectivity index (χ1) is 12.0. The molecule has 25 heavy (non-hydrogen) atoms. The van der Waals surface area contributed by atoms with Crippen LogP contribution in [0.4, 0.5) is 8.78 Å². The van der Waals surface area contributed by atoms with Crippen molar-refractivity contribution in [1.82, 2.24) is 4.57 Å². The average Bonchev–Trinajstić information content (AvgIpc) is 3.30. The van der Waals surface area contributed by atoms with Gasteiger partial charge in [-0.1, -0.05) is 29.5 Å². The van der Waals surface area contributed by atoms with Crippen LogP contribution in [0.1, 0.15) is 28.8 Å². The van der Waals surface area contributed by atoms with Gasteiger partial charge in [0.15, 0.2) is 10.6 Å². The second kappa shape index (κ2) is 6.19. The van der Waals surface area contributed by atoms with Gasteiger partial charge in [-0.15, -0.1) is 0 Å². The first-order valence-electron chi connectivity index (χ1n) is 8.16. The normalized spacial score (nSPS) is 15.1. The van der Waals surface area contributed by atoms with Crippen LogP contribution in [0.3, 0.4) is 0 Å². The molecule has 0 bridgehead atoms. The van der Waals surface area contributed by atoms with Crippen LogP contribution < -0.4 is 4.80 Å². The summed E-state index contributed by atoms with van der Waals surface area (Å²) in [5.74, 6) is -1.14. The Kier molecular flexibility index (Phi) is 4.00. The van der Waals surface area contributed by atoms with E-state index in [0.717, 1.165) is 35.8 Å². The molecule has 0 atom stereocenters. The maximum atomic E-state index is 14.3. The standard InChI is InChI=1S/C19H16F2N2OS/c1-11-4-2-3-5-14(11)18(24)22-19-23(10-12-6-7-12)17-15(21)8-13(20)9-16(17)25-19/h2-5,8-9,12H,6-7,10H2,1H3/b22-19+. The van der Waals surface area contributed by atoms with Gasteiger partial charge in [-0.3, -0.25) is 4.79 Å². The number of nitrogens with zero attached hydrogens (tertiary/aromatic N) is 2. The summed E-state index contributed by atoms with van der Waals surface area (Å²) in [6.45, 7) is 2.45. The third-order valence-corrected chi connectivity index (χ3v) is 5.43. The molecule has 1 aromatic heterocycles. The molecule has 1 saturated carbocycles. The van der Waals surface area contributed by atoms with E-state index < -0.39 is 11.6 Å². The molecule has 1 amide bonds. The van der Waals surface area contributed by atoms with Gasteiger partial charge in [0.2, 0.25) is 0 Å². The smallest absolute Gasteiger partial charge is 0.279 e. The molecule has 1 fully saturated rings. The predicted molar refractivity (Wildman–Crippen MR) is 93.5 cm³/mol. The Morgan fingerprint density at radius 3 is 2.76 bits per heavy atom. The summed E-state index contributed by atoms with van der Waals surface area (Å²) < 4.78 is 30.1. The molecule has 3 nitrogen and oxygen atoms in total. The lowest BCUT2D eigenvalue weighted by Gasteiger charge is -2.05. The van der Waals surface area contributed by atoms with Crippen molar-refractivity contribution in [2.24, 2.45) is 10.9 Å². The molecule has 1 aliphatic rings. The lowest BCUT2D eigenvalue weighted by Crippen LogP contribution is -2.18. The predicted octanol–water partition coefficient (Wildman–Crippen LogP) is 4.44. The summed E-state index contributed by atoms with van der Waals surface area (Å²) in [5.41, 5.74) is 1.68. The third kappa shape index (κ3) is 3.14. The Morgan fingerprint density at radius 2 is 2.04 bits per heavy atom. The minimum Gasteiger partial charge on any atom is -0.314 e. The highest BCUT2D eigenvalue weighted by Gasteiger charge is 2.24. The minimum atomic E-state index is -0.624. The van der Waals surface area contributed by atoms with Crippen LogP contribution in [-0.4, -0.2) is 10.5 Å². The Hall–Kier alpha value is -2.34. The minimum absolute atomic E-state index is 0.328. The molecular formula is C19H16F2N2OS. The second-order valence-corrected chi connectivity index (χ2v) is 7.41. The molecule has 3 aromatic rings. The molecule has 0 N–H and O–H groups in total. The van der Waals surface area contributed by atoms with Gasteiger partial charge >= 0.3 is 0 Å². The first-order valence-corrected chi connectivity index (χ1v) is 8.97. The van der Waals surface area contributed by atoms with Crippen molar-refractivity contribution in [2.75, 3.05) is 0 Å². The summed E-state index contributed by atoms with van der Waals surface area (Å²) in [6.07, 6.45) is 2.16. The highest BCUT2D eigenvalue weighted by Crippen LogP contribution is 2.32. The molecule has 0 unspecified atom stereocenters. The quantitative estimate of drug-likeness (QED) is 0.681. The number of halogens is 2. The van der Waals surface area contributed by atoms with E-state index in [9.17, 15) is 13.6 Å². The number of fused-ring (bicyclic) bond motifs is 1. The Labute approximate surface area is 147 Å². The molecule has 1 heterocycles. The van der Waals surface area contributed by atoms with Crippen LogP contribution in [-0.2, 0) is 6.54 Å². The zero-order valence-electron chi connectivity index (χ0n) is 13.6. The van der Waals surface area contributed by atoms with E-state index in [1.807, 2.05) is 19.1 Å². The molecule has 0 saturated heterocycles. The van der Waals surface area contributed by atoms with Gasteiger partial charge in [-0.05, 0) is 43.4 Å². The summed E-state index contributed by atoms with van der Waals surface area (Å²) in [6, 6.07) is 9.39. The Balaban J connectivity index is 1.89. The number of amides is 1. The number of hydrogen-bond donors (Lipinski definition) is 0. The average molecular weight is 358 g/mol. The zero-order valence-corrected chi connectivity index (χ0v) is 14.4. The van der Waals surface area contributed by atoms with E-state index in [-0.39, 0.29) is 5.91 Å². The number of rotatable bonds is 3. The van der Waals surface area contributed by atoms with E-state index in [4.69, 9.17) is 0 Å². The summed E-state index contributed by atoms with van der Waals surface area (Å²) >= 11 is 1.15. The van der Waals surface area contributed by atoms with Crippen molar-refractivity contribution in [2.45, 2.75) is 26.3 Å². The van der Waals surface area contributed by atoms with Crippen LogP contribution in [0.15, 0.2) is 41.4 Å². The number of aryl methyl sites for hydroxylation is 1. The van der Waals surface area contributed by atoms with Crippen LogP contribution in [0, 0.1) is 24.5 Å². The zero-order chi connectivity index (χ0) is 17.6. The number of hydrogen-bond acceptors (Lipinski definition) is 2. The van der Waals surface area contributed by atoms with Gasteiger partial charge in [-0.25, -0.2) is 8.78 Å². The van der Waals surface area contributed by atoms with E-state index in [1.54, 1.807) is 16.7 Å². The van der Waals surface area contributed by atoms with Crippen molar-refractivity contribution >= 4 is 27.5 Å². The van der Waals surface area contributed by atoms with Gasteiger partial charge in [0, 0.05) is 18.2 Å². The van der Waals surface area contributed by atoms with Crippen molar-refractivity contribution in [3.8, 4) is 0 Å². The summed E-state index contributed by atoms with van der Waals surface area (Å²) in [4.78, 5) is 17.2. The maximum absolute atomic E-state index is 14.3. The summed E-state index contributed by atoms with van der Waals surface area (Å²) in [7, 11) is 0. The van der Waals surface area contributed by atoms with Crippen molar-refractivity contribution in [3.63, 3.8) is 0 Å². The Bertz CT molecular complexity index is 1050. The molecule has 0 spiro atoms. The van der Waals surface area contributed by atoms with Crippen LogP contribution in [0.25, 0.3) is 10.2 Å². The number of carbonyl (C=O) groups excluding carboxylic acids is 1. The van der Waals surface area contributed by atoms with Crippen LogP contribution in [0.2, 0.25) is 0 Å². The molecule has 0 aliphatic heterocycles. The van der Waals surface area contributed by atoms with E-state index in [0.29, 0.717) is 33.0 Å². The van der Waals surface area contributed by atoms with E-state index in [1.165, 1.54) is 6.07 Å². The van der Waals surface area contributed by atoms with Gasteiger partial charge in [0.25, 0.3) is 5.91 Å². The highest BCUT2D eigenvalue weighted by atomic mass is 32.1. The molecule has 2 aromatic carbocycles. The monoisotopic (exact) mass is 358 g/mol. The second-order valence-electron chi connectivity index (χ2n) is 6.40. The lowest BCUT2D eigenvalue weighted by atomic mass is 10.1. The van der Waals surface area contributed by atoms with Crippen LogP contribution in [0.5, 0.6) is 0 Å². The third-order valence-electron chi connectivity index (χ3n) is 4.41. The topological polar surface area (TPSA) is 34.4 Å². The van der Waals surface area contributed by atoms with E-state index in [2.05, 4.69) is 4.99 Å². The van der Waals surface area contributed by atoms with Crippen molar-refractivity contribution < 1.29 is 13.6 Å². The van der Waals surface area contributed by atoms with E-state index >= 15 is 0 Å². The van der Waals surface area contributed by atoms with Gasteiger partial charge in [0.05, 0.1) is 10.2 Å². The molecule has 4 rings (SSSR count). The van der Waals surface area contributed by atoms with Gasteiger partial charge in [0.1, 0.15) is 5.82 Å². The lowest BCUT2D eigenvalue weighted by molar-refractivity contribution is 0.0997. The fraction of sp³-hybridized carbons (Fsp3) is 0.263. The van der Waals surface area contributed by atoms with Crippen molar-refractivity contribution in [3.05, 3.63) is 64.0 Å². The largest absolute Gasteiger partial charge is 0.314 e. The molecule has 1 aliphatic carbocycles. The Morgan fingerprint density at radius 1 is 1.28 bits per heavy atom. The van der Waals surface area contributed by atoms with Crippen molar-refractivity contribution in [1.29, 1.82) is 0 Å².